The van der Waals surface area contributed by atoms with E-state index in [2.05, 4.69) is 0 Å². The van der Waals surface area contributed by atoms with Crippen molar-refractivity contribution in [1.82, 2.24) is 0 Å². The van der Waals surface area contributed by atoms with E-state index in [4.69, 9.17) is 15.7 Å². The minimum Gasteiger partial charge on any atom is -0.489 e. The van der Waals surface area contributed by atoms with Gasteiger partial charge in [0.05, 0.1) is 5.56 Å². The predicted molar refractivity (Wildman–Crippen MR) is 79.2 cm³/mol. The molecule has 0 heterocycles. The van der Waals surface area contributed by atoms with Gasteiger partial charge in [-0.1, -0.05) is 18.2 Å². The Morgan fingerprint density at radius 2 is 2.05 bits per heavy atom. The van der Waals surface area contributed by atoms with Gasteiger partial charge < -0.3 is 10.5 Å². The van der Waals surface area contributed by atoms with E-state index >= 15 is 0 Å². The number of nitrogens with two attached hydrogens (primary N) is 1. The normalized spacial score (nSPS) is 11.8. The number of hydrogen-bond donors (Lipinski definition) is 1. The monoisotopic (exact) mass is 284 g/mol. The van der Waals surface area contributed by atoms with Crippen molar-refractivity contribution in [2.75, 3.05) is 0 Å². The lowest BCUT2D eigenvalue weighted by molar-refractivity contribution is 0.301. The van der Waals surface area contributed by atoms with Gasteiger partial charge in [-0.15, -0.1) is 0 Å². The third-order valence-electron chi connectivity index (χ3n) is 3.21. The number of ether oxygens (including phenoxy) is 1. The van der Waals surface area contributed by atoms with Crippen molar-refractivity contribution >= 4 is 0 Å². The summed E-state index contributed by atoms with van der Waals surface area (Å²) >= 11 is 0. The summed E-state index contributed by atoms with van der Waals surface area (Å²) in [6.45, 7) is 4.13. The van der Waals surface area contributed by atoms with E-state index in [1.807, 2.05) is 38.1 Å². The molecule has 21 heavy (non-hydrogen) atoms. The molecule has 2 aromatic carbocycles. The van der Waals surface area contributed by atoms with Crippen LogP contribution in [0.15, 0.2) is 36.4 Å². The first-order valence-corrected chi connectivity index (χ1v) is 6.68. The Balaban J connectivity index is 2.20. The first kappa shape index (κ1) is 15.0. The molecule has 108 valence electrons. The Labute approximate surface area is 123 Å². The molecule has 0 amide bonds. The fourth-order valence-corrected chi connectivity index (χ4v) is 2.05. The molecule has 2 rings (SSSR count). The van der Waals surface area contributed by atoms with Gasteiger partial charge in [-0.25, -0.2) is 4.39 Å². The summed E-state index contributed by atoms with van der Waals surface area (Å²) in [5.74, 6) is 0.195. The molecule has 1 atom stereocenters. The maximum absolute atomic E-state index is 13.3. The summed E-state index contributed by atoms with van der Waals surface area (Å²) in [4.78, 5) is 0. The van der Waals surface area contributed by atoms with Gasteiger partial charge in [0.2, 0.25) is 0 Å². The van der Waals surface area contributed by atoms with Crippen LogP contribution in [-0.4, -0.2) is 0 Å². The van der Waals surface area contributed by atoms with Crippen LogP contribution in [-0.2, 0) is 6.61 Å². The van der Waals surface area contributed by atoms with E-state index in [1.165, 1.54) is 12.1 Å². The number of nitriles is 1. The second-order valence-electron chi connectivity index (χ2n) is 5.04. The molecule has 0 unspecified atom stereocenters. The Kier molecular flexibility index (Phi) is 4.56. The molecule has 0 bridgehead atoms. The molecule has 2 N–H and O–H groups in total. The van der Waals surface area contributed by atoms with Crippen molar-refractivity contribution in [2.45, 2.75) is 26.5 Å². The van der Waals surface area contributed by atoms with Crippen LogP contribution in [0.3, 0.4) is 0 Å². The lowest BCUT2D eigenvalue weighted by Crippen LogP contribution is -2.08. The SMILES string of the molecule is Cc1ccc([C@H](C)N)c(OCc2ccc(F)c(C#N)c2)c1. The molecular weight excluding hydrogens is 267 g/mol. The van der Waals surface area contributed by atoms with E-state index in [1.54, 1.807) is 6.07 Å². The first-order chi connectivity index (χ1) is 10.0. The summed E-state index contributed by atoms with van der Waals surface area (Å²) in [6, 6.07) is 11.9. The van der Waals surface area contributed by atoms with Gasteiger partial charge in [-0.2, -0.15) is 5.26 Å². The average molecular weight is 284 g/mol. The molecule has 4 heteroatoms. The molecule has 0 saturated carbocycles. The van der Waals surface area contributed by atoms with E-state index in [-0.39, 0.29) is 18.2 Å². The van der Waals surface area contributed by atoms with Crippen molar-refractivity contribution in [1.29, 1.82) is 5.26 Å². The fraction of sp³-hybridized carbons (Fsp3) is 0.235. The van der Waals surface area contributed by atoms with Crippen molar-refractivity contribution in [3.8, 4) is 11.8 Å². The quantitative estimate of drug-likeness (QED) is 0.933. The number of halogens is 1. The maximum atomic E-state index is 13.3. The molecule has 0 aliphatic rings. The highest BCUT2D eigenvalue weighted by atomic mass is 19.1. The lowest BCUT2D eigenvalue weighted by atomic mass is 10.1. The van der Waals surface area contributed by atoms with Crippen LogP contribution in [0.4, 0.5) is 4.39 Å². The number of rotatable bonds is 4. The second-order valence-corrected chi connectivity index (χ2v) is 5.04. The topological polar surface area (TPSA) is 59.0 Å². The number of benzene rings is 2. The summed E-state index contributed by atoms with van der Waals surface area (Å²) < 4.78 is 19.1. The first-order valence-electron chi connectivity index (χ1n) is 6.68. The van der Waals surface area contributed by atoms with Crippen LogP contribution < -0.4 is 10.5 Å². The molecule has 0 aromatic heterocycles. The fourth-order valence-electron chi connectivity index (χ4n) is 2.05. The van der Waals surface area contributed by atoms with Gasteiger partial charge in [-0.3, -0.25) is 0 Å². The molecule has 0 saturated heterocycles. The molecule has 0 aliphatic heterocycles. The molecule has 3 nitrogen and oxygen atoms in total. The minimum atomic E-state index is -0.520. The third kappa shape index (κ3) is 3.59. The summed E-state index contributed by atoms with van der Waals surface area (Å²) in [7, 11) is 0. The molecular formula is C17H17FN2O. The van der Waals surface area contributed by atoms with Crippen molar-refractivity contribution < 1.29 is 9.13 Å². The largest absolute Gasteiger partial charge is 0.489 e. The number of nitrogens with zero attached hydrogens (tertiary/aromatic N) is 1. The van der Waals surface area contributed by atoms with Gasteiger partial charge in [0.1, 0.15) is 24.2 Å². The second kappa shape index (κ2) is 6.38. The van der Waals surface area contributed by atoms with Gasteiger partial charge in [0, 0.05) is 11.6 Å². The zero-order valence-electron chi connectivity index (χ0n) is 12.1. The highest BCUT2D eigenvalue weighted by Crippen LogP contribution is 2.26. The molecule has 0 aliphatic carbocycles. The molecule has 2 aromatic rings. The predicted octanol–water partition coefficient (Wildman–Crippen LogP) is 3.60. The van der Waals surface area contributed by atoms with Crippen LogP contribution in [0.5, 0.6) is 5.75 Å². The average Bonchev–Trinajstić information content (AvgIpc) is 2.46. The van der Waals surface area contributed by atoms with Crippen LogP contribution in [0.25, 0.3) is 0 Å². The standard InChI is InChI=1S/C17H17FN2O/c1-11-3-5-15(12(2)20)17(7-11)21-10-13-4-6-16(18)14(8-13)9-19/h3-8,12H,10,20H2,1-2H3/t12-/m0/s1. The molecule has 0 fully saturated rings. The highest BCUT2D eigenvalue weighted by molar-refractivity contribution is 5.39. The summed E-state index contributed by atoms with van der Waals surface area (Å²) in [5.41, 5.74) is 8.68. The summed E-state index contributed by atoms with van der Waals surface area (Å²) in [5, 5.41) is 8.83. The van der Waals surface area contributed by atoms with Crippen LogP contribution in [0.1, 0.15) is 35.2 Å². The minimum absolute atomic E-state index is 0.0211. The van der Waals surface area contributed by atoms with Crippen molar-refractivity contribution in [3.63, 3.8) is 0 Å². The van der Waals surface area contributed by atoms with Gasteiger partial charge in [-0.05, 0) is 43.2 Å². The Hall–Kier alpha value is -2.38. The van der Waals surface area contributed by atoms with Gasteiger partial charge in [0.25, 0.3) is 0 Å². The van der Waals surface area contributed by atoms with E-state index in [9.17, 15) is 4.39 Å². The van der Waals surface area contributed by atoms with Crippen LogP contribution in [0.2, 0.25) is 0 Å². The number of aryl methyl sites for hydroxylation is 1. The van der Waals surface area contributed by atoms with Crippen LogP contribution in [0, 0.1) is 24.1 Å². The van der Waals surface area contributed by atoms with Crippen LogP contribution >= 0.6 is 0 Å². The Morgan fingerprint density at radius 3 is 2.71 bits per heavy atom. The highest BCUT2D eigenvalue weighted by Gasteiger charge is 2.09. The zero-order valence-corrected chi connectivity index (χ0v) is 12.1. The van der Waals surface area contributed by atoms with Gasteiger partial charge in [0.15, 0.2) is 0 Å². The summed E-state index contributed by atoms with van der Waals surface area (Å²) in [6.07, 6.45) is 0. The lowest BCUT2D eigenvalue weighted by Gasteiger charge is -2.15. The Morgan fingerprint density at radius 1 is 1.29 bits per heavy atom. The smallest absolute Gasteiger partial charge is 0.140 e. The van der Waals surface area contributed by atoms with E-state index in [0.29, 0.717) is 5.75 Å². The van der Waals surface area contributed by atoms with E-state index in [0.717, 1.165) is 16.7 Å². The molecule has 0 radical (unpaired) electrons. The maximum Gasteiger partial charge on any atom is 0.140 e. The Bertz CT molecular complexity index is 690. The van der Waals surface area contributed by atoms with Crippen molar-refractivity contribution in [2.24, 2.45) is 5.73 Å². The zero-order chi connectivity index (χ0) is 15.4. The van der Waals surface area contributed by atoms with E-state index < -0.39 is 5.82 Å². The van der Waals surface area contributed by atoms with Crippen molar-refractivity contribution in [3.05, 3.63) is 64.5 Å². The third-order valence-corrected chi connectivity index (χ3v) is 3.21. The molecule has 0 spiro atoms. The van der Waals surface area contributed by atoms with Gasteiger partial charge >= 0.3 is 0 Å². The number of hydrogen-bond acceptors (Lipinski definition) is 3.